The van der Waals surface area contributed by atoms with Crippen LogP contribution in [0, 0.1) is 0 Å². The van der Waals surface area contributed by atoms with Gasteiger partial charge in [0.2, 0.25) is 5.95 Å². The van der Waals surface area contributed by atoms with Crippen molar-refractivity contribution in [2.24, 2.45) is 7.05 Å². The molecule has 3 heterocycles. The molecule has 1 saturated heterocycles. The monoisotopic (exact) mass is 487 g/mol. The van der Waals surface area contributed by atoms with E-state index in [9.17, 15) is 4.79 Å². The second-order valence-corrected chi connectivity index (χ2v) is 9.83. The number of amides is 1. The molecule has 1 aliphatic carbocycles. The molecular weight excluding hydrogens is 450 g/mol. The SMILES string of the molecule is CCc1cccc(CC)c1NC(=O)c1nn(C)c2c1CCc1cnc(NC3CCN(CC)CC3)nc1-2. The second-order valence-electron chi connectivity index (χ2n) is 9.83. The van der Waals surface area contributed by atoms with Crippen LogP contribution in [0.3, 0.4) is 0 Å². The van der Waals surface area contributed by atoms with Crippen LogP contribution in [-0.2, 0) is 32.7 Å². The molecular formula is C28H37N7O. The predicted octanol–water partition coefficient (Wildman–Crippen LogP) is 4.25. The van der Waals surface area contributed by atoms with Crippen molar-refractivity contribution >= 4 is 17.5 Å². The number of nitrogens with zero attached hydrogens (tertiary/aromatic N) is 5. The maximum absolute atomic E-state index is 13.5. The third-order valence-corrected chi connectivity index (χ3v) is 7.70. The number of nitrogens with one attached hydrogen (secondary N) is 2. The van der Waals surface area contributed by atoms with Crippen LogP contribution in [-0.4, -0.2) is 56.2 Å². The summed E-state index contributed by atoms with van der Waals surface area (Å²) in [5, 5.41) is 11.4. The number of benzene rings is 1. The fourth-order valence-corrected chi connectivity index (χ4v) is 5.56. The van der Waals surface area contributed by atoms with Gasteiger partial charge in [-0.15, -0.1) is 0 Å². The number of hydrogen-bond donors (Lipinski definition) is 2. The minimum Gasteiger partial charge on any atom is -0.351 e. The standard InChI is InChI=1S/C28H37N7O/c1-5-18-9-8-10-19(6-2)23(18)31-27(36)25-22-12-11-20-17-29-28(32-24(20)26(22)34(4)33-25)30-21-13-15-35(7-3)16-14-21/h8-10,17,21H,5-7,11-16H2,1-4H3,(H,31,36)(H,29,30,32). The van der Waals surface area contributed by atoms with Gasteiger partial charge in [-0.3, -0.25) is 9.48 Å². The number of aryl methyl sites for hydroxylation is 4. The first-order valence-corrected chi connectivity index (χ1v) is 13.3. The zero-order valence-electron chi connectivity index (χ0n) is 21.9. The van der Waals surface area contributed by atoms with Crippen molar-refractivity contribution in [3.8, 4) is 11.4 Å². The van der Waals surface area contributed by atoms with E-state index < -0.39 is 0 Å². The number of carbonyl (C=O) groups excluding carboxylic acids is 1. The Morgan fingerprint density at radius 2 is 1.81 bits per heavy atom. The van der Waals surface area contributed by atoms with Crippen molar-refractivity contribution < 1.29 is 4.79 Å². The summed E-state index contributed by atoms with van der Waals surface area (Å²) in [7, 11) is 1.90. The minimum absolute atomic E-state index is 0.152. The Morgan fingerprint density at radius 3 is 2.47 bits per heavy atom. The molecule has 0 spiro atoms. The second kappa shape index (κ2) is 10.4. The van der Waals surface area contributed by atoms with Crippen LogP contribution in [0.1, 0.15) is 66.4 Å². The van der Waals surface area contributed by atoms with Crippen LogP contribution < -0.4 is 10.6 Å². The Labute approximate surface area is 213 Å². The van der Waals surface area contributed by atoms with Gasteiger partial charge in [0.25, 0.3) is 5.91 Å². The molecule has 0 bridgehead atoms. The normalized spacial score (nSPS) is 15.9. The summed E-state index contributed by atoms with van der Waals surface area (Å²) >= 11 is 0. The smallest absolute Gasteiger partial charge is 0.276 e. The van der Waals surface area contributed by atoms with Crippen molar-refractivity contribution in [2.45, 2.75) is 65.3 Å². The van der Waals surface area contributed by atoms with Gasteiger partial charge in [-0.05, 0) is 61.8 Å². The minimum atomic E-state index is -0.152. The van der Waals surface area contributed by atoms with E-state index in [4.69, 9.17) is 4.98 Å². The Hall–Kier alpha value is -3.26. The molecule has 0 atom stereocenters. The fraction of sp³-hybridized carbons (Fsp3) is 0.500. The number of carbonyl (C=O) groups is 1. The van der Waals surface area contributed by atoms with Crippen LogP contribution in [0.5, 0.6) is 0 Å². The molecule has 1 fully saturated rings. The van der Waals surface area contributed by atoms with Crippen molar-refractivity contribution in [3.63, 3.8) is 0 Å². The van der Waals surface area contributed by atoms with Crippen molar-refractivity contribution in [2.75, 3.05) is 30.3 Å². The molecule has 5 rings (SSSR count). The molecule has 1 aromatic carbocycles. The summed E-state index contributed by atoms with van der Waals surface area (Å²) in [6.45, 7) is 9.75. The Kier molecular flexibility index (Phi) is 7.05. The number of hydrogen-bond acceptors (Lipinski definition) is 6. The maximum atomic E-state index is 13.5. The number of anilines is 2. The molecule has 0 radical (unpaired) electrons. The van der Waals surface area contributed by atoms with E-state index >= 15 is 0 Å². The topological polar surface area (TPSA) is 88.0 Å². The van der Waals surface area contributed by atoms with E-state index in [0.717, 1.165) is 97.5 Å². The lowest BCUT2D eigenvalue weighted by molar-refractivity contribution is 0.102. The first kappa shape index (κ1) is 24.4. The van der Waals surface area contributed by atoms with Crippen molar-refractivity contribution in [3.05, 3.63) is 52.3 Å². The molecule has 3 aromatic rings. The highest BCUT2D eigenvalue weighted by Crippen LogP contribution is 2.35. The zero-order valence-corrected chi connectivity index (χ0v) is 21.9. The van der Waals surface area contributed by atoms with Crippen LogP contribution in [0.15, 0.2) is 24.4 Å². The average Bonchev–Trinajstić information content (AvgIpc) is 3.26. The van der Waals surface area contributed by atoms with E-state index in [1.54, 1.807) is 0 Å². The number of para-hydroxylation sites is 1. The fourth-order valence-electron chi connectivity index (χ4n) is 5.56. The third kappa shape index (κ3) is 4.62. The first-order chi connectivity index (χ1) is 17.5. The van der Waals surface area contributed by atoms with Gasteiger partial charge in [0.1, 0.15) is 0 Å². The lowest BCUT2D eigenvalue weighted by Gasteiger charge is -2.31. The van der Waals surface area contributed by atoms with Crippen LogP contribution in [0.25, 0.3) is 11.4 Å². The third-order valence-electron chi connectivity index (χ3n) is 7.70. The van der Waals surface area contributed by atoms with Crippen LogP contribution in [0.4, 0.5) is 11.6 Å². The van der Waals surface area contributed by atoms with Gasteiger partial charge in [0.15, 0.2) is 5.69 Å². The van der Waals surface area contributed by atoms with Gasteiger partial charge >= 0.3 is 0 Å². The molecule has 1 amide bonds. The molecule has 190 valence electrons. The number of fused-ring (bicyclic) bond motifs is 3. The molecule has 2 N–H and O–H groups in total. The highest BCUT2D eigenvalue weighted by molar-refractivity contribution is 6.05. The van der Waals surface area contributed by atoms with Gasteiger partial charge in [0.05, 0.1) is 11.4 Å². The van der Waals surface area contributed by atoms with Gasteiger partial charge in [-0.1, -0.05) is 39.0 Å². The number of piperidine rings is 1. The first-order valence-electron chi connectivity index (χ1n) is 13.3. The lowest BCUT2D eigenvalue weighted by atomic mass is 9.93. The van der Waals surface area contributed by atoms with Gasteiger partial charge in [-0.2, -0.15) is 5.10 Å². The van der Waals surface area contributed by atoms with E-state index in [0.29, 0.717) is 17.7 Å². The number of aromatic nitrogens is 4. The van der Waals surface area contributed by atoms with E-state index in [-0.39, 0.29) is 5.91 Å². The molecule has 2 aliphatic rings. The molecule has 36 heavy (non-hydrogen) atoms. The van der Waals surface area contributed by atoms with Gasteiger partial charge in [0, 0.05) is 43.6 Å². The summed E-state index contributed by atoms with van der Waals surface area (Å²) < 4.78 is 1.81. The van der Waals surface area contributed by atoms with Gasteiger partial charge in [-0.25, -0.2) is 9.97 Å². The van der Waals surface area contributed by atoms with E-state index in [1.165, 1.54) is 0 Å². The predicted molar refractivity (Wildman–Crippen MR) is 144 cm³/mol. The summed E-state index contributed by atoms with van der Waals surface area (Å²) in [5.74, 6) is 0.509. The van der Waals surface area contributed by atoms with Crippen LogP contribution >= 0.6 is 0 Å². The summed E-state index contributed by atoms with van der Waals surface area (Å²) in [4.78, 5) is 25.5. The Morgan fingerprint density at radius 1 is 1.08 bits per heavy atom. The largest absolute Gasteiger partial charge is 0.351 e. The molecule has 2 aromatic heterocycles. The average molecular weight is 488 g/mol. The molecule has 1 aliphatic heterocycles. The number of likely N-dealkylation sites (tertiary alicyclic amines) is 1. The molecule has 8 nitrogen and oxygen atoms in total. The highest BCUT2D eigenvalue weighted by Gasteiger charge is 2.30. The van der Waals surface area contributed by atoms with Crippen LogP contribution in [0.2, 0.25) is 0 Å². The van der Waals surface area contributed by atoms with Crippen molar-refractivity contribution in [1.29, 1.82) is 0 Å². The molecule has 8 heteroatoms. The summed E-state index contributed by atoms with van der Waals surface area (Å²) in [6, 6.07) is 6.60. The quantitative estimate of drug-likeness (QED) is 0.518. The Balaban J connectivity index is 1.41. The van der Waals surface area contributed by atoms with Crippen molar-refractivity contribution in [1.82, 2.24) is 24.6 Å². The maximum Gasteiger partial charge on any atom is 0.276 e. The molecule has 0 saturated carbocycles. The van der Waals surface area contributed by atoms with E-state index in [2.05, 4.69) is 64.6 Å². The van der Waals surface area contributed by atoms with Gasteiger partial charge < -0.3 is 15.5 Å². The number of rotatable bonds is 7. The summed E-state index contributed by atoms with van der Waals surface area (Å²) in [6.07, 6.45) is 7.40. The summed E-state index contributed by atoms with van der Waals surface area (Å²) in [5.41, 5.74) is 7.59. The molecule has 0 unspecified atom stereocenters. The highest BCUT2D eigenvalue weighted by atomic mass is 16.2. The zero-order chi connectivity index (χ0) is 25.2. The Bertz CT molecular complexity index is 1230. The lowest BCUT2D eigenvalue weighted by Crippen LogP contribution is -2.39. The van der Waals surface area contributed by atoms with E-state index in [1.807, 2.05) is 17.9 Å².